The Hall–Kier alpha value is -3.69. The standard InChI is InChI=1S/C30H36N6/c1-19(2)35-29-10-11-36(17-23(13-31)15-33-30-12-21(4)24(14-32)16-34-30)18-28(29)27-9-8-25-20(3)6-7-26(25)22(27)5/h8-9,12-13,15-16,28-29,35H,1,3,6-7,10-11,17-18,31H2,2,4-5H3. The van der Waals surface area contributed by atoms with Gasteiger partial charge in [-0.1, -0.05) is 25.3 Å². The van der Waals surface area contributed by atoms with Crippen molar-refractivity contribution < 1.29 is 0 Å². The first-order valence-electron chi connectivity index (χ1n) is 12.6. The van der Waals surface area contributed by atoms with Crippen molar-refractivity contribution in [2.24, 2.45) is 10.7 Å². The predicted molar refractivity (Wildman–Crippen MR) is 148 cm³/mol. The maximum atomic E-state index is 9.12. The summed E-state index contributed by atoms with van der Waals surface area (Å²) in [6, 6.07) is 8.88. The van der Waals surface area contributed by atoms with Crippen molar-refractivity contribution in [3.63, 3.8) is 0 Å². The van der Waals surface area contributed by atoms with E-state index in [1.165, 1.54) is 27.8 Å². The van der Waals surface area contributed by atoms with E-state index in [2.05, 4.69) is 58.5 Å². The van der Waals surface area contributed by atoms with Crippen LogP contribution in [0.3, 0.4) is 0 Å². The Morgan fingerprint density at radius 2 is 2.17 bits per heavy atom. The SMILES string of the molecule is C=C(C)NC1CCN(CC(C=Nc2cc(C)c(C#N)cn2)=CN)CC1c1ccc2c(c1C)CCC2=C. The molecule has 0 bridgehead atoms. The Labute approximate surface area is 214 Å². The van der Waals surface area contributed by atoms with E-state index >= 15 is 0 Å². The fraction of sp³-hybridized carbons (Fsp3) is 0.367. The lowest BCUT2D eigenvalue weighted by Gasteiger charge is -2.40. The van der Waals surface area contributed by atoms with Crippen LogP contribution >= 0.6 is 0 Å². The average molecular weight is 481 g/mol. The molecule has 2 atom stereocenters. The van der Waals surface area contributed by atoms with Crippen molar-refractivity contribution >= 4 is 17.6 Å². The smallest absolute Gasteiger partial charge is 0.152 e. The van der Waals surface area contributed by atoms with Gasteiger partial charge in [-0.05, 0) is 91.3 Å². The van der Waals surface area contributed by atoms with Crippen molar-refractivity contribution in [3.05, 3.63) is 88.4 Å². The normalized spacial score (nSPS) is 20.4. The number of nitrogens with one attached hydrogen (secondary N) is 1. The lowest BCUT2D eigenvalue weighted by molar-refractivity contribution is 0.193. The first kappa shape index (κ1) is 25.4. The molecule has 186 valence electrons. The minimum atomic E-state index is 0.338. The third-order valence-electron chi connectivity index (χ3n) is 7.43. The van der Waals surface area contributed by atoms with E-state index in [4.69, 9.17) is 11.0 Å². The second-order valence-corrected chi connectivity index (χ2v) is 10.0. The summed E-state index contributed by atoms with van der Waals surface area (Å²) in [6.07, 6.45) is 8.13. The number of aromatic nitrogens is 1. The molecule has 2 aromatic rings. The van der Waals surface area contributed by atoms with Gasteiger partial charge in [-0.25, -0.2) is 9.98 Å². The van der Waals surface area contributed by atoms with Crippen molar-refractivity contribution in [1.82, 2.24) is 15.2 Å². The number of fused-ring (bicyclic) bond motifs is 1. The number of nitrogens with zero attached hydrogens (tertiary/aromatic N) is 4. The average Bonchev–Trinajstić information content (AvgIpc) is 3.24. The summed E-state index contributed by atoms with van der Waals surface area (Å²) >= 11 is 0. The molecule has 4 rings (SSSR count). The number of benzene rings is 1. The summed E-state index contributed by atoms with van der Waals surface area (Å²) in [5, 5.41) is 12.8. The fourth-order valence-electron chi connectivity index (χ4n) is 5.48. The van der Waals surface area contributed by atoms with E-state index in [0.29, 0.717) is 29.9 Å². The second kappa shape index (κ2) is 10.9. The summed E-state index contributed by atoms with van der Waals surface area (Å²) < 4.78 is 0. The Kier molecular flexibility index (Phi) is 7.71. The zero-order valence-corrected chi connectivity index (χ0v) is 21.6. The molecule has 1 aliphatic carbocycles. The minimum absolute atomic E-state index is 0.338. The number of hydrogen-bond acceptors (Lipinski definition) is 6. The first-order chi connectivity index (χ1) is 17.3. The monoisotopic (exact) mass is 480 g/mol. The summed E-state index contributed by atoms with van der Waals surface area (Å²) in [7, 11) is 0. The number of piperidine rings is 1. The summed E-state index contributed by atoms with van der Waals surface area (Å²) in [5.41, 5.74) is 16.2. The maximum absolute atomic E-state index is 9.12. The van der Waals surface area contributed by atoms with Gasteiger partial charge < -0.3 is 11.1 Å². The van der Waals surface area contributed by atoms with Gasteiger partial charge in [0, 0.05) is 49.7 Å². The Balaban J connectivity index is 1.53. The van der Waals surface area contributed by atoms with Gasteiger partial charge in [0.2, 0.25) is 0 Å². The molecule has 2 unspecified atom stereocenters. The topological polar surface area (TPSA) is 90.3 Å². The number of nitriles is 1. The van der Waals surface area contributed by atoms with Gasteiger partial charge in [-0.15, -0.1) is 0 Å². The molecule has 1 aliphatic heterocycles. The van der Waals surface area contributed by atoms with E-state index in [1.54, 1.807) is 18.6 Å². The van der Waals surface area contributed by atoms with Crippen LogP contribution in [0.1, 0.15) is 59.1 Å². The molecular formula is C30H36N6. The van der Waals surface area contributed by atoms with E-state index in [1.807, 2.05) is 19.9 Å². The van der Waals surface area contributed by atoms with Crippen molar-refractivity contribution in [1.29, 1.82) is 5.26 Å². The van der Waals surface area contributed by atoms with Crippen LogP contribution in [0.5, 0.6) is 0 Å². The highest BCUT2D eigenvalue weighted by Crippen LogP contribution is 2.38. The highest BCUT2D eigenvalue weighted by Gasteiger charge is 2.32. The number of aliphatic imine (C=N–C) groups is 1. The zero-order valence-electron chi connectivity index (χ0n) is 21.6. The van der Waals surface area contributed by atoms with E-state index in [9.17, 15) is 0 Å². The lowest BCUT2D eigenvalue weighted by atomic mass is 9.81. The Morgan fingerprint density at radius 1 is 1.36 bits per heavy atom. The van der Waals surface area contributed by atoms with Gasteiger partial charge >= 0.3 is 0 Å². The molecule has 36 heavy (non-hydrogen) atoms. The number of hydrogen-bond donors (Lipinski definition) is 2. The third-order valence-corrected chi connectivity index (χ3v) is 7.43. The van der Waals surface area contributed by atoms with Crippen molar-refractivity contribution in [3.8, 4) is 6.07 Å². The van der Waals surface area contributed by atoms with Crippen LogP contribution in [0.15, 0.2) is 60.0 Å². The van der Waals surface area contributed by atoms with Crippen molar-refractivity contribution in [2.75, 3.05) is 19.6 Å². The number of nitrogens with two attached hydrogens (primary N) is 1. The van der Waals surface area contributed by atoms with Gasteiger partial charge in [0.1, 0.15) is 6.07 Å². The van der Waals surface area contributed by atoms with Gasteiger partial charge in [-0.2, -0.15) is 5.26 Å². The first-order valence-corrected chi connectivity index (χ1v) is 12.6. The van der Waals surface area contributed by atoms with Gasteiger partial charge in [0.05, 0.1) is 5.56 Å². The maximum Gasteiger partial charge on any atom is 0.152 e. The molecule has 2 aliphatic rings. The predicted octanol–water partition coefficient (Wildman–Crippen LogP) is 5.06. The van der Waals surface area contributed by atoms with E-state index < -0.39 is 0 Å². The highest BCUT2D eigenvalue weighted by atomic mass is 15.2. The number of rotatable bonds is 7. The molecule has 0 spiro atoms. The molecule has 0 amide bonds. The molecule has 3 N–H and O–H groups in total. The van der Waals surface area contributed by atoms with Gasteiger partial charge in [0.25, 0.3) is 0 Å². The number of pyridine rings is 1. The third kappa shape index (κ3) is 5.42. The van der Waals surface area contributed by atoms with Crippen LogP contribution in [0.4, 0.5) is 5.82 Å². The molecule has 1 aromatic heterocycles. The lowest BCUT2D eigenvalue weighted by Crippen LogP contribution is -2.48. The van der Waals surface area contributed by atoms with E-state index in [-0.39, 0.29) is 0 Å². The molecule has 1 saturated heterocycles. The quantitative estimate of drug-likeness (QED) is 0.541. The Bertz CT molecular complexity index is 1280. The number of aryl methyl sites for hydroxylation is 1. The van der Waals surface area contributed by atoms with Crippen molar-refractivity contribution in [2.45, 2.75) is 52.0 Å². The molecule has 1 fully saturated rings. The van der Waals surface area contributed by atoms with E-state index in [0.717, 1.165) is 49.2 Å². The van der Waals surface area contributed by atoms with Crippen LogP contribution in [-0.2, 0) is 6.42 Å². The summed E-state index contributed by atoms with van der Waals surface area (Å²) in [6.45, 7) is 17.2. The minimum Gasteiger partial charge on any atom is -0.404 e. The summed E-state index contributed by atoms with van der Waals surface area (Å²) in [5.74, 6) is 0.914. The number of allylic oxidation sites excluding steroid dienone is 2. The number of likely N-dealkylation sites (tertiary alicyclic amines) is 1. The van der Waals surface area contributed by atoms with Crippen LogP contribution in [-0.4, -0.2) is 41.8 Å². The van der Waals surface area contributed by atoms with Crippen LogP contribution in [0, 0.1) is 25.2 Å². The molecule has 0 saturated carbocycles. The molecular weight excluding hydrogens is 444 g/mol. The fourth-order valence-corrected chi connectivity index (χ4v) is 5.48. The molecule has 2 heterocycles. The molecule has 6 heteroatoms. The van der Waals surface area contributed by atoms with Crippen LogP contribution in [0.2, 0.25) is 0 Å². The van der Waals surface area contributed by atoms with Crippen LogP contribution < -0.4 is 11.1 Å². The van der Waals surface area contributed by atoms with Gasteiger partial charge in [-0.3, -0.25) is 4.90 Å². The molecule has 0 radical (unpaired) electrons. The largest absolute Gasteiger partial charge is 0.404 e. The molecule has 6 nitrogen and oxygen atoms in total. The zero-order chi connectivity index (χ0) is 25.8. The summed E-state index contributed by atoms with van der Waals surface area (Å²) in [4.78, 5) is 11.2. The highest BCUT2D eigenvalue weighted by molar-refractivity contribution is 5.81. The second-order valence-electron chi connectivity index (χ2n) is 10.0. The van der Waals surface area contributed by atoms with Crippen LogP contribution in [0.25, 0.3) is 5.57 Å². The molecule has 1 aromatic carbocycles. The Morgan fingerprint density at radius 3 is 2.86 bits per heavy atom. The van der Waals surface area contributed by atoms with Gasteiger partial charge in [0.15, 0.2) is 5.82 Å².